The summed E-state index contributed by atoms with van der Waals surface area (Å²) in [5, 5.41) is 1.74. The molecule has 0 aliphatic carbocycles. The lowest BCUT2D eigenvalue weighted by atomic mass is 10.6. The van der Waals surface area contributed by atoms with Gasteiger partial charge in [-0.3, -0.25) is 14.1 Å². The van der Waals surface area contributed by atoms with Gasteiger partial charge in [-0.2, -0.15) is 0 Å². The van der Waals surface area contributed by atoms with Crippen molar-refractivity contribution in [2.75, 3.05) is 4.72 Å². The van der Waals surface area contributed by atoms with Crippen molar-refractivity contribution in [2.24, 2.45) is 14.1 Å². The average Bonchev–Trinajstić information content (AvgIpc) is 2.83. The Morgan fingerprint density at radius 2 is 2.00 bits per heavy atom. The summed E-state index contributed by atoms with van der Waals surface area (Å²) in [5.74, 6) is 0. The van der Waals surface area contributed by atoms with Gasteiger partial charge >= 0.3 is 5.69 Å². The van der Waals surface area contributed by atoms with Crippen LogP contribution in [-0.4, -0.2) is 22.5 Å². The van der Waals surface area contributed by atoms with Crippen molar-refractivity contribution in [3.05, 3.63) is 38.6 Å². The summed E-state index contributed by atoms with van der Waals surface area (Å²) in [6.07, 6.45) is 2.42. The summed E-state index contributed by atoms with van der Waals surface area (Å²) in [7, 11) is -1.49. The lowest BCUT2D eigenvalue weighted by molar-refractivity contribution is 0.589. The van der Waals surface area contributed by atoms with Crippen molar-refractivity contribution in [2.45, 2.75) is 4.90 Å². The molecule has 1 N–H and O–H groups in total. The van der Waals surface area contributed by atoms with Crippen molar-refractivity contribution < 1.29 is 8.42 Å². The zero-order valence-corrected chi connectivity index (χ0v) is 11.7. The van der Waals surface area contributed by atoms with Gasteiger partial charge in [0.15, 0.2) is 10.0 Å². The molecule has 102 valence electrons. The average molecular weight is 302 g/mol. The van der Waals surface area contributed by atoms with Crippen LogP contribution in [0.4, 0.5) is 5.13 Å². The van der Waals surface area contributed by atoms with Gasteiger partial charge in [0.1, 0.15) is 0 Å². The van der Waals surface area contributed by atoms with Crippen molar-refractivity contribution in [1.82, 2.24) is 14.1 Å². The van der Waals surface area contributed by atoms with Crippen LogP contribution in [0.5, 0.6) is 0 Å². The van der Waals surface area contributed by atoms with Crippen LogP contribution >= 0.6 is 11.3 Å². The maximum absolute atomic E-state index is 12.1. The molecule has 0 amide bonds. The molecule has 0 bridgehead atoms. The molecule has 0 saturated heterocycles. The van der Waals surface area contributed by atoms with Crippen LogP contribution in [0.1, 0.15) is 0 Å². The molecule has 0 aliphatic heterocycles. The van der Waals surface area contributed by atoms with Gasteiger partial charge in [0.25, 0.3) is 15.6 Å². The first-order valence-corrected chi connectivity index (χ1v) is 7.38. The highest BCUT2D eigenvalue weighted by molar-refractivity contribution is 7.92. The largest absolute Gasteiger partial charge is 0.330 e. The number of sulfonamides is 1. The van der Waals surface area contributed by atoms with Crippen molar-refractivity contribution in [3.8, 4) is 0 Å². The van der Waals surface area contributed by atoms with Gasteiger partial charge in [-0.1, -0.05) is 0 Å². The summed E-state index contributed by atoms with van der Waals surface area (Å²) < 4.78 is 28.1. The third kappa shape index (κ3) is 2.44. The van der Waals surface area contributed by atoms with Crippen LogP contribution in [0.3, 0.4) is 0 Å². The highest BCUT2D eigenvalue weighted by atomic mass is 32.2. The van der Waals surface area contributed by atoms with E-state index in [2.05, 4.69) is 9.71 Å². The standard InChI is InChI=1S/C9H10N4O4S2/c1-12-5-6(7(14)13(2)9(12)15)19(16,17)11-8-10-3-4-18-8/h3-5H,1-2H3,(H,10,11). The molecule has 0 aliphatic rings. The maximum atomic E-state index is 12.1. The van der Waals surface area contributed by atoms with Crippen LogP contribution < -0.4 is 16.0 Å². The molecule has 0 atom stereocenters. The molecule has 2 heterocycles. The fourth-order valence-electron chi connectivity index (χ4n) is 1.40. The predicted octanol–water partition coefficient (Wildman–Crippen LogP) is -0.659. The number of hydrogen-bond donors (Lipinski definition) is 1. The summed E-state index contributed by atoms with van der Waals surface area (Å²) in [6.45, 7) is 0. The van der Waals surface area contributed by atoms with E-state index in [0.717, 1.165) is 26.7 Å². The molecule has 2 aromatic heterocycles. The Balaban J connectivity index is 2.59. The summed E-state index contributed by atoms with van der Waals surface area (Å²) >= 11 is 1.08. The van der Waals surface area contributed by atoms with Crippen LogP contribution in [0.2, 0.25) is 0 Å². The van der Waals surface area contributed by atoms with E-state index in [1.165, 1.54) is 20.3 Å². The summed E-state index contributed by atoms with van der Waals surface area (Å²) in [5.41, 5.74) is -1.48. The second-order valence-electron chi connectivity index (χ2n) is 3.69. The van der Waals surface area contributed by atoms with Crippen LogP contribution in [0.15, 0.2) is 32.3 Å². The van der Waals surface area contributed by atoms with Crippen LogP contribution in [0, 0.1) is 0 Å². The van der Waals surface area contributed by atoms with Gasteiger partial charge in [-0.25, -0.2) is 18.2 Å². The molecule has 0 unspecified atom stereocenters. The number of nitrogens with zero attached hydrogens (tertiary/aromatic N) is 3. The van der Waals surface area contributed by atoms with Gasteiger partial charge in [0.2, 0.25) is 0 Å². The molecule has 0 fully saturated rings. The Morgan fingerprint density at radius 1 is 1.32 bits per heavy atom. The molecule has 0 radical (unpaired) electrons. The van der Waals surface area contributed by atoms with E-state index >= 15 is 0 Å². The normalized spacial score (nSPS) is 11.5. The molecular weight excluding hydrogens is 292 g/mol. The minimum Gasteiger partial charge on any atom is -0.302 e. The first-order valence-electron chi connectivity index (χ1n) is 5.02. The first-order chi connectivity index (χ1) is 8.83. The second kappa shape index (κ2) is 4.63. The highest BCUT2D eigenvalue weighted by Gasteiger charge is 2.22. The topological polar surface area (TPSA) is 103 Å². The van der Waals surface area contributed by atoms with Gasteiger partial charge < -0.3 is 4.57 Å². The first kappa shape index (κ1) is 13.5. The number of aryl methyl sites for hydroxylation is 1. The highest BCUT2D eigenvalue weighted by Crippen LogP contribution is 2.15. The van der Waals surface area contributed by atoms with Gasteiger partial charge in [0.05, 0.1) is 0 Å². The fraction of sp³-hybridized carbons (Fsp3) is 0.222. The smallest absolute Gasteiger partial charge is 0.302 e. The lowest BCUT2D eigenvalue weighted by Crippen LogP contribution is -2.40. The number of anilines is 1. The zero-order valence-electron chi connectivity index (χ0n) is 10.0. The number of rotatable bonds is 3. The Kier molecular flexibility index (Phi) is 3.28. The molecule has 10 heteroatoms. The Morgan fingerprint density at radius 3 is 2.58 bits per heavy atom. The van der Waals surface area contributed by atoms with Gasteiger partial charge in [0, 0.05) is 31.9 Å². The van der Waals surface area contributed by atoms with E-state index in [1.54, 1.807) is 5.38 Å². The Hall–Kier alpha value is -1.94. The molecule has 0 saturated carbocycles. The maximum Gasteiger partial charge on any atom is 0.330 e. The molecule has 0 spiro atoms. The number of aromatic nitrogens is 3. The molecule has 0 aromatic carbocycles. The van der Waals surface area contributed by atoms with E-state index < -0.39 is 26.2 Å². The van der Waals surface area contributed by atoms with Crippen molar-refractivity contribution in [3.63, 3.8) is 0 Å². The van der Waals surface area contributed by atoms with E-state index in [-0.39, 0.29) is 5.13 Å². The van der Waals surface area contributed by atoms with Crippen LogP contribution in [-0.2, 0) is 24.1 Å². The van der Waals surface area contributed by atoms with E-state index in [4.69, 9.17) is 0 Å². The van der Waals surface area contributed by atoms with Crippen molar-refractivity contribution >= 4 is 26.5 Å². The molecule has 2 aromatic rings. The van der Waals surface area contributed by atoms with E-state index in [0.29, 0.717) is 0 Å². The monoisotopic (exact) mass is 302 g/mol. The molecule has 19 heavy (non-hydrogen) atoms. The van der Waals surface area contributed by atoms with Crippen LogP contribution in [0.25, 0.3) is 0 Å². The van der Waals surface area contributed by atoms with Gasteiger partial charge in [-0.05, 0) is 0 Å². The van der Waals surface area contributed by atoms with E-state index in [1.807, 2.05) is 0 Å². The molecular formula is C9H10N4O4S2. The predicted molar refractivity (Wildman–Crippen MR) is 69.8 cm³/mol. The minimum atomic E-state index is -4.07. The quantitative estimate of drug-likeness (QED) is 0.811. The lowest BCUT2D eigenvalue weighted by Gasteiger charge is -2.07. The Bertz CT molecular complexity index is 817. The number of nitrogens with one attached hydrogen (secondary N) is 1. The SMILES string of the molecule is Cn1cc(S(=O)(=O)Nc2nccs2)c(=O)n(C)c1=O. The van der Waals surface area contributed by atoms with Crippen molar-refractivity contribution in [1.29, 1.82) is 0 Å². The third-order valence-electron chi connectivity index (χ3n) is 2.36. The molecule has 2 rings (SSSR count). The number of hydrogen-bond acceptors (Lipinski definition) is 6. The second-order valence-corrected chi connectivity index (χ2v) is 6.24. The summed E-state index contributed by atoms with van der Waals surface area (Å²) in [6, 6.07) is 0. The fourth-order valence-corrected chi connectivity index (χ4v) is 3.35. The summed E-state index contributed by atoms with van der Waals surface area (Å²) in [4.78, 5) is 26.6. The Labute approximate surface area is 112 Å². The third-order valence-corrected chi connectivity index (χ3v) is 4.50. The minimum absolute atomic E-state index is 0.149. The van der Waals surface area contributed by atoms with E-state index in [9.17, 15) is 18.0 Å². The zero-order chi connectivity index (χ0) is 14.2. The molecule has 8 nitrogen and oxygen atoms in total. The van der Waals surface area contributed by atoms with Gasteiger partial charge in [-0.15, -0.1) is 11.3 Å². The number of thiazole rings is 1.